The first kappa shape index (κ1) is 10.5. The summed E-state index contributed by atoms with van der Waals surface area (Å²) in [5, 5.41) is 21.4. The third-order valence-corrected chi connectivity index (χ3v) is 3.26. The van der Waals surface area contributed by atoms with E-state index >= 15 is 0 Å². The lowest BCUT2D eigenvalue weighted by Crippen LogP contribution is -2.39. The Hall–Kier alpha value is -1.05. The first-order valence-electron chi connectivity index (χ1n) is 4.84. The molecule has 0 unspecified atom stereocenters. The van der Waals surface area contributed by atoms with Crippen molar-refractivity contribution in [3.63, 3.8) is 0 Å². The number of hydrogen-bond donors (Lipinski definition) is 2. The number of nitriles is 1. The number of aliphatic hydroxyl groups is 1. The molecule has 0 radical (unpaired) electrons. The highest BCUT2D eigenvalue weighted by molar-refractivity contribution is 9.10. The summed E-state index contributed by atoms with van der Waals surface area (Å²) in [6.07, 6.45) is 1.34. The van der Waals surface area contributed by atoms with Gasteiger partial charge in [-0.25, -0.2) is 0 Å². The minimum atomic E-state index is -0.180. The molecular weight excluding hydrogens is 256 g/mol. The standard InChI is InChI=1S/C11H11BrN2O/c12-10-2-1-3-11(9(10)6-13)14-7-4-8(15)5-7/h1-3,7-8,14-15H,4-5H2. The van der Waals surface area contributed by atoms with Crippen molar-refractivity contribution in [1.82, 2.24) is 0 Å². The van der Waals surface area contributed by atoms with Crippen LogP contribution >= 0.6 is 15.9 Å². The predicted octanol–water partition coefficient (Wildman–Crippen LogP) is 2.26. The van der Waals surface area contributed by atoms with Crippen LogP contribution in [0.5, 0.6) is 0 Å². The first-order chi connectivity index (χ1) is 7.20. The summed E-state index contributed by atoms with van der Waals surface area (Å²) in [6.45, 7) is 0. The normalized spacial score (nSPS) is 24.1. The molecule has 1 aliphatic rings. The molecule has 0 atom stereocenters. The molecule has 1 aromatic carbocycles. The third kappa shape index (κ3) is 2.14. The fourth-order valence-electron chi connectivity index (χ4n) is 1.68. The maximum atomic E-state index is 9.16. The second kappa shape index (κ2) is 4.21. The average Bonchev–Trinajstić information content (AvgIpc) is 2.16. The van der Waals surface area contributed by atoms with E-state index in [0.717, 1.165) is 23.0 Å². The van der Waals surface area contributed by atoms with Gasteiger partial charge in [-0.1, -0.05) is 6.07 Å². The summed E-state index contributed by atoms with van der Waals surface area (Å²) in [5.41, 5.74) is 1.46. The highest BCUT2D eigenvalue weighted by Crippen LogP contribution is 2.28. The molecule has 1 aromatic rings. The zero-order valence-corrected chi connectivity index (χ0v) is 9.66. The summed E-state index contributed by atoms with van der Waals surface area (Å²) in [4.78, 5) is 0. The van der Waals surface area contributed by atoms with Crippen LogP contribution in [0.25, 0.3) is 0 Å². The molecule has 3 nitrogen and oxygen atoms in total. The SMILES string of the molecule is N#Cc1c(Br)cccc1NC1CC(O)C1. The van der Waals surface area contributed by atoms with Gasteiger partial charge in [-0.05, 0) is 40.9 Å². The van der Waals surface area contributed by atoms with Crippen LogP contribution in [0.4, 0.5) is 5.69 Å². The molecule has 1 fully saturated rings. The molecule has 15 heavy (non-hydrogen) atoms. The summed E-state index contributed by atoms with van der Waals surface area (Å²) >= 11 is 3.34. The Bertz CT molecular complexity index is 408. The molecule has 0 aromatic heterocycles. The molecular formula is C11H11BrN2O. The van der Waals surface area contributed by atoms with Gasteiger partial charge in [-0.15, -0.1) is 0 Å². The number of nitrogens with zero attached hydrogens (tertiary/aromatic N) is 1. The Kier molecular flexibility index (Phi) is 2.94. The van der Waals surface area contributed by atoms with E-state index < -0.39 is 0 Å². The maximum absolute atomic E-state index is 9.16. The number of rotatable bonds is 2. The third-order valence-electron chi connectivity index (χ3n) is 2.60. The van der Waals surface area contributed by atoms with Gasteiger partial charge in [0.2, 0.25) is 0 Å². The molecule has 78 valence electrons. The van der Waals surface area contributed by atoms with Crippen LogP contribution in [-0.4, -0.2) is 17.3 Å². The van der Waals surface area contributed by atoms with Crippen LogP contribution in [0.2, 0.25) is 0 Å². The van der Waals surface area contributed by atoms with E-state index in [0.29, 0.717) is 11.6 Å². The van der Waals surface area contributed by atoms with Crippen molar-refractivity contribution in [2.24, 2.45) is 0 Å². The van der Waals surface area contributed by atoms with Gasteiger partial charge < -0.3 is 10.4 Å². The van der Waals surface area contributed by atoms with Crippen molar-refractivity contribution in [1.29, 1.82) is 5.26 Å². The topological polar surface area (TPSA) is 56.0 Å². The molecule has 2 rings (SSSR count). The molecule has 1 saturated carbocycles. The quantitative estimate of drug-likeness (QED) is 0.864. The van der Waals surface area contributed by atoms with Crippen LogP contribution in [0.15, 0.2) is 22.7 Å². The maximum Gasteiger partial charge on any atom is 0.103 e. The second-order valence-electron chi connectivity index (χ2n) is 3.74. The lowest BCUT2D eigenvalue weighted by Gasteiger charge is -2.33. The molecule has 0 aliphatic heterocycles. The largest absolute Gasteiger partial charge is 0.393 e. The van der Waals surface area contributed by atoms with Crippen LogP contribution < -0.4 is 5.32 Å². The van der Waals surface area contributed by atoms with Crippen LogP contribution in [0.3, 0.4) is 0 Å². The van der Waals surface area contributed by atoms with E-state index in [4.69, 9.17) is 10.4 Å². The van der Waals surface area contributed by atoms with Gasteiger partial charge in [-0.3, -0.25) is 0 Å². The van der Waals surface area contributed by atoms with Gasteiger partial charge in [0.1, 0.15) is 6.07 Å². The van der Waals surface area contributed by atoms with Crippen molar-refractivity contribution in [3.8, 4) is 6.07 Å². The summed E-state index contributed by atoms with van der Waals surface area (Å²) in [5.74, 6) is 0. The molecule has 4 heteroatoms. The molecule has 0 heterocycles. The van der Waals surface area contributed by atoms with Crippen molar-refractivity contribution in [3.05, 3.63) is 28.2 Å². The van der Waals surface area contributed by atoms with Gasteiger partial charge >= 0.3 is 0 Å². The van der Waals surface area contributed by atoms with Crippen LogP contribution in [-0.2, 0) is 0 Å². The van der Waals surface area contributed by atoms with Gasteiger partial charge in [-0.2, -0.15) is 5.26 Å². The molecule has 0 bridgehead atoms. The Morgan fingerprint density at radius 1 is 1.47 bits per heavy atom. The Morgan fingerprint density at radius 2 is 2.20 bits per heavy atom. The molecule has 0 spiro atoms. The predicted molar refractivity (Wildman–Crippen MR) is 61.5 cm³/mol. The zero-order valence-electron chi connectivity index (χ0n) is 8.07. The second-order valence-corrected chi connectivity index (χ2v) is 4.60. The number of aliphatic hydroxyl groups excluding tert-OH is 1. The summed E-state index contributed by atoms with van der Waals surface area (Å²) in [6, 6.07) is 8.07. The number of anilines is 1. The molecule has 2 N–H and O–H groups in total. The van der Waals surface area contributed by atoms with E-state index in [1.165, 1.54) is 0 Å². The van der Waals surface area contributed by atoms with E-state index in [2.05, 4.69) is 27.3 Å². The van der Waals surface area contributed by atoms with Gasteiger partial charge in [0.25, 0.3) is 0 Å². The van der Waals surface area contributed by atoms with Crippen LogP contribution in [0, 0.1) is 11.3 Å². The molecule has 0 amide bonds. The van der Waals surface area contributed by atoms with Crippen molar-refractivity contribution in [2.45, 2.75) is 25.0 Å². The van der Waals surface area contributed by atoms with E-state index in [-0.39, 0.29) is 6.10 Å². The minimum Gasteiger partial charge on any atom is -0.393 e. The van der Waals surface area contributed by atoms with Crippen LogP contribution in [0.1, 0.15) is 18.4 Å². The molecule has 1 aliphatic carbocycles. The van der Waals surface area contributed by atoms with Crippen molar-refractivity contribution < 1.29 is 5.11 Å². The number of benzene rings is 1. The first-order valence-corrected chi connectivity index (χ1v) is 5.63. The van der Waals surface area contributed by atoms with E-state index in [1.54, 1.807) is 0 Å². The fourth-order valence-corrected chi connectivity index (χ4v) is 2.14. The molecule has 0 saturated heterocycles. The fraction of sp³-hybridized carbons (Fsp3) is 0.364. The van der Waals surface area contributed by atoms with E-state index in [1.807, 2.05) is 18.2 Å². The van der Waals surface area contributed by atoms with Gasteiger partial charge in [0.15, 0.2) is 0 Å². The highest BCUT2D eigenvalue weighted by Gasteiger charge is 2.27. The number of halogens is 1. The van der Waals surface area contributed by atoms with Gasteiger partial charge in [0, 0.05) is 10.5 Å². The zero-order chi connectivity index (χ0) is 10.8. The summed E-state index contributed by atoms with van der Waals surface area (Å²) in [7, 11) is 0. The Morgan fingerprint density at radius 3 is 2.80 bits per heavy atom. The minimum absolute atomic E-state index is 0.180. The number of nitrogens with one attached hydrogen (secondary N) is 1. The van der Waals surface area contributed by atoms with Crippen molar-refractivity contribution in [2.75, 3.05) is 5.32 Å². The lowest BCUT2D eigenvalue weighted by molar-refractivity contribution is 0.0836. The monoisotopic (exact) mass is 266 g/mol. The summed E-state index contributed by atoms with van der Waals surface area (Å²) < 4.78 is 0.801. The average molecular weight is 267 g/mol. The van der Waals surface area contributed by atoms with E-state index in [9.17, 15) is 0 Å². The highest BCUT2D eigenvalue weighted by atomic mass is 79.9. The Labute approximate surface area is 96.9 Å². The van der Waals surface area contributed by atoms with Crippen molar-refractivity contribution >= 4 is 21.6 Å². The smallest absolute Gasteiger partial charge is 0.103 e. The Balaban J connectivity index is 2.15. The number of hydrogen-bond acceptors (Lipinski definition) is 3. The lowest BCUT2D eigenvalue weighted by atomic mass is 9.89. The van der Waals surface area contributed by atoms with Gasteiger partial charge in [0.05, 0.1) is 17.4 Å².